The van der Waals surface area contributed by atoms with Gasteiger partial charge in [0.2, 0.25) is 0 Å². The standard InChI is InChI=1S/C15H28O4/c1-7-8-9-10-18-11-15(6,12(2)16)13(17)19-14(3,4)5/h7-11H2,1-6H3. The average molecular weight is 272 g/mol. The van der Waals surface area contributed by atoms with E-state index in [-0.39, 0.29) is 12.4 Å². The van der Waals surface area contributed by atoms with Crippen molar-refractivity contribution in [3.63, 3.8) is 0 Å². The van der Waals surface area contributed by atoms with E-state index in [4.69, 9.17) is 9.47 Å². The molecule has 4 heteroatoms. The van der Waals surface area contributed by atoms with Crippen molar-refractivity contribution in [3.8, 4) is 0 Å². The predicted octanol–water partition coefficient (Wildman–Crippen LogP) is 3.13. The van der Waals surface area contributed by atoms with Crippen molar-refractivity contribution in [2.24, 2.45) is 5.41 Å². The zero-order chi connectivity index (χ0) is 15.1. The number of hydrogen-bond acceptors (Lipinski definition) is 4. The highest BCUT2D eigenvalue weighted by molar-refractivity contribution is 6.02. The van der Waals surface area contributed by atoms with Crippen LogP contribution in [-0.4, -0.2) is 30.6 Å². The zero-order valence-corrected chi connectivity index (χ0v) is 13.2. The highest BCUT2D eigenvalue weighted by Crippen LogP contribution is 2.24. The van der Waals surface area contributed by atoms with Crippen molar-refractivity contribution in [1.29, 1.82) is 0 Å². The highest BCUT2D eigenvalue weighted by Gasteiger charge is 2.42. The summed E-state index contributed by atoms with van der Waals surface area (Å²) in [4.78, 5) is 23.9. The molecule has 0 bridgehead atoms. The van der Waals surface area contributed by atoms with Crippen LogP contribution in [0.2, 0.25) is 0 Å². The second-order valence-electron chi connectivity index (χ2n) is 6.15. The van der Waals surface area contributed by atoms with Crippen LogP contribution in [0.1, 0.15) is 60.8 Å². The number of esters is 1. The minimum atomic E-state index is -1.21. The Morgan fingerprint density at radius 3 is 2.05 bits per heavy atom. The van der Waals surface area contributed by atoms with Crippen LogP contribution in [0.5, 0.6) is 0 Å². The summed E-state index contributed by atoms with van der Waals surface area (Å²) in [5.74, 6) is -0.736. The minimum absolute atomic E-state index is 0.0843. The summed E-state index contributed by atoms with van der Waals surface area (Å²) in [6.45, 7) is 11.1. The Hall–Kier alpha value is -0.900. The number of carbonyl (C=O) groups is 2. The fourth-order valence-corrected chi connectivity index (χ4v) is 1.43. The van der Waals surface area contributed by atoms with E-state index in [0.717, 1.165) is 19.3 Å². The summed E-state index contributed by atoms with van der Waals surface area (Å²) in [5, 5.41) is 0. The summed E-state index contributed by atoms with van der Waals surface area (Å²) in [6, 6.07) is 0. The van der Waals surface area contributed by atoms with E-state index >= 15 is 0 Å². The van der Waals surface area contributed by atoms with Gasteiger partial charge in [-0.3, -0.25) is 9.59 Å². The third-order valence-electron chi connectivity index (χ3n) is 2.91. The molecule has 1 unspecified atom stereocenters. The van der Waals surface area contributed by atoms with Crippen LogP contribution in [-0.2, 0) is 19.1 Å². The first-order valence-electron chi connectivity index (χ1n) is 6.95. The second kappa shape index (κ2) is 7.63. The normalized spacial score (nSPS) is 14.8. The first-order chi connectivity index (χ1) is 8.63. The lowest BCUT2D eigenvalue weighted by Gasteiger charge is -2.29. The Morgan fingerprint density at radius 2 is 1.63 bits per heavy atom. The van der Waals surface area contributed by atoms with Crippen LogP contribution in [0, 0.1) is 5.41 Å². The fourth-order valence-electron chi connectivity index (χ4n) is 1.43. The number of ether oxygens (including phenoxy) is 2. The second-order valence-corrected chi connectivity index (χ2v) is 6.15. The molecule has 0 heterocycles. The Balaban J connectivity index is 4.50. The topological polar surface area (TPSA) is 52.6 Å². The van der Waals surface area contributed by atoms with Crippen molar-refractivity contribution in [2.45, 2.75) is 66.4 Å². The maximum atomic E-state index is 12.1. The maximum Gasteiger partial charge on any atom is 0.322 e. The molecule has 0 saturated carbocycles. The number of unbranched alkanes of at least 4 members (excludes halogenated alkanes) is 2. The van der Waals surface area contributed by atoms with Gasteiger partial charge in [-0.15, -0.1) is 0 Å². The summed E-state index contributed by atoms with van der Waals surface area (Å²) >= 11 is 0. The van der Waals surface area contributed by atoms with Crippen molar-refractivity contribution in [1.82, 2.24) is 0 Å². The molecule has 0 aromatic heterocycles. The van der Waals surface area contributed by atoms with Crippen LogP contribution in [0.25, 0.3) is 0 Å². The number of hydrogen-bond donors (Lipinski definition) is 0. The third-order valence-corrected chi connectivity index (χ3v) is 2.91. The quantitative estimate of drug-likeness (QED) is 0.387. The number of ketones is 1. The van der Waals surface area contributed by atoms with Crippen LogP contribution in [0.15, 0.2) is 0 Å². The van der Waals surface area contributed by atoms with E-state index in [2.05, 4.69) is 6.92 Å². The molecule has 0 aromatic rings. The molecule has 0 rings (SSSR count). The van der Waals surface area contributed by atoms with E-state index < -0.39 is 17.0 Å². The zero-order valence-electron chi connectivity index (χ0n) is 13.2. The van der Waals surface area contributed by atoms with E-state index in [1.165, 1.54) is 6.92 Å². The number of carbonyl (C=O) groups excluding carboxylic acids is 2. The molecule has 0 aliphatic heterocycles. The molecule has 0 aliphatic rings. The highest BCUT2D eigenvalue weighted by atomic mass is 16.6. The van der Waals surface area contributed by atoms with Gasteiger partial charge in [0.1, 0.15) is 16.8 Å². The lowest BCUT2D eigenvalue weighted by Crippen LogP contribution is -2.43. The molecule has 0 spiro atoms. The Morgan fingerprint density at radius 1 is 1.05 bits per heavy atom. The molecule has 19 heavy (non-hydrogen) atoms. The number of rotatable bonds is 8. The van der Waals surface area contributed by atoms with Crippen molar-refractivity contribution in [3.05, 3.63) is 0 Å². The monoisotopic (exact) mass is 272 g/mol. The first kappa shape index (κ1) is 18.1. The molecule has 0 aromatic carbocycles. The van der Waals surface area contributed by atoms with Gasteiger partial charge >= 0.3 is 5.97 Å². The minimum Gasteiger partial charge on any atom is -0.459 e. The van der Waals surface area contributed by atoms with Gasteiger partial charge in [0.25, 0.3) is 0 Å². The van der Waals surface area contributed by atoms with Gasteiger partial charge < -0.3 is 9.47 Å². The molecule has 112 valence electrons. The van der Waals surface area contributed by atoms with Crippen LogP contribution >= 0.6 is 0 Å². The molecule has 4 nitrogen and oxygen atoms in total. The molecule has 0 aliphatic carbocycles. The van der Waals surface area contributed by atoms with Crippen LogP contribution < -0.4 is 0 Å². The van der Waals surface area contributed by atoms with E-state index in [9.17, 15) is 9.59 Å². The maximum absolute atomic E-state index is 12.1. The van der Waals surface area contributed by atoms with Gasteiger partial charge in [-0.05, 0) is 41.0 Å². The molecule has 0 saturated heterocycles. The Labute approximate surface area is 116 Å². The fraction of sp³-hybridized carbons (Fsp3) is 0.867. The van der Waals surface area contributed by atoms with Gasteiger partial charge in [0, 0.05) is 6.61 Å². The summed E-state index contributed by atoms with van der Waals surface area (Å²) in [6.07, 6.45) is 3.14. The molecule has 0 radical (unpaired) electrons. The first-order valence-corrected chi connectivity index (χ1v) is 6.95. The Kier molecular flexibility index (Phi) is 7.27. The van der Waals surface area contributed by atoms with Crippen molar-refractivity contribution in [2.75, 3.05) is 13.2 Å². The molecule has 0 N–H and O–H groups in total. The lowest BCUT2D eigenvalue weighted by molar-refractivity contribution is -0.172. The summed E-state index contributed by atoms with van der Waals surface area (Å²) in [7, 11) is 0. The number of Topliss-reactive ketones (excluding diaryl/α,β-unsaturated/α-hetero) is 1. The van der Waals surface area contributed by atoms with E-state index in [0.29, 0.717) is 6.61 Å². The van der Waals surface area contributed by atoms with Gasteiger partial charge in [0.05, 0.1) is 6.61 Å². The summed E-state index contributed by atoms with van der Waals surface area (Å²) < 4.78 is 10.8. The molecular formula is C15H28O4. The van der Waals surface area contributed by atoms with Gasteiger partial charge in [-0.2, -0.15) is 0 Å². The van der Waals surface area contributed by atoms with Crippen LogP contribution in [0.4, 0.5) is 0 Å². The molecule has 0 amide bonds. The van der Waals surface area contributed by atoms with Crippen molar-refractivity contribution >= 4 is 11.8 Å². The van der Waals surface area contributed by atoms with Gasteiger partial charge in [0.15, 0.2) is 0 Å². The largest absolute Gasteiger partial charge is 0.459 e. The van der Waals surface area contributed by atoms with Gasteiger partial charge in [-0.1, -0.05) is 19.8 Å². The molecule has 1 atom stereocenters. The van der Waals surface area contributed by atoms with E-state index in [1.54, 1.807) is 27.7 Å². The SMILES string of the molecule is CCCCCOCC(C)(C(C)=O)C(=O)OC(C)(C)C. The van der Waals surface area contributed by atoms with Crippen LogP contribution in [0.3, 0.4) is 0 Å². The van der Waals surface area contributed by atoms with E-state index in [1.807, 2.05) is 0 Å². The Bertz CT molecular complexity index is 304. The van der Waals surface area contributed by atoms with Crippen molar-refractivity contribution < 1.29 is 19.1 Å². The smallest absolute Gasteiger partial charge is 0.322 e. The third kappa shape index (κ3) is 6.71. The van der Waals surface area contributed by atoms with Gasteiger partial charge in [-0.25, -0.2) is 0 Å². The molecular weight excluding hydrogens is 244 g/mol. The lowest BCUT2D eigenvalue weighted by atomic mass is 9.87. The summed E-state index contributed by atoms with van der Waals surface area (Å²) in [5.41, 5.74) is -1.81. The molecule has 0 fully saturated rings. The average Bonchev–Trinajstić information content (AvgIpc) is 2.25. The predicted molar refractivity (Wildman–Crippen MR) is 75.0 cm³/mol.